The monoisotopic (exact) mass is 239 g/mol. The number of pyridine rings is 1. The summed E-state index contributed by atoms with van der Waals surface area (Å²) in [6.07, 6.45) is -2.81. The molecule has 1 rings (SSSR count). The van der Waals surface area contributed by atoms with E-state index in [1.54, 1.807) is 0 Å². The van der Waals surface area contributed by atoms with E-state index < -0.39 is 17.8 Å². The largest absolute Gasteiger partial charge is 0.268 e. The number of alkyl halides is 2. The van der Waals surface area contributed by atoms with E-state index in [0.717, 1.165) is 6.07 Å². The fourth-order valence-electron chi connectivity index (χ4n) is 0.870. The Morgan fingerprint density at radius 1 is 1.50 bits per heavy atom. The topological polar surface area (TPSA) is 12.9 Å². The second-order valence-electron chi connectivity index (χ2n) is 2.23. The zero-order valence-corrected chi connectivity index (χ0v) is 7.70. The molecule has 0 unspecified atom stereocenters. The van der Waals surface area contributed by atoms with Crippen molar-refractivity contribution in [3.05, 3.63) is 27.7 Å². The molecule has 66 valence electrons. The van der Waals surface area contributed by atoms with E-state index in [9.17, 15) is 13.2 Å². The van der Waals surface area contributed by atoms with Gasteiger partial charge in [-0.3, -0.25) is 0 Å². The van der Waals surface area contributed by atoms with Crippen LogP contribution >= 0.6 is 15.9 Å². The van der Waals surface area contributed by atoms with Gasteiger partial charge in [-0.25, -0.2) is 18.2 Å². The van der Waals surface area contributed by atoms with Crippen LogP contribution in [0.2, 0.25) is 0 Å². The highest BCUT2D eigenvalue weighted by molar-refractivity contribution is 9.10. The molecule has 12 heavy (non-hydrogen) atoms. The Labute approximate surface area is 75.7 Å². The van der Waals surface area contributed by atoms with Crippen molar-refractivity contribution in [1.29, 1.82) is 0 Å². The highest BCUT2D eigenvalue weighted by Gasteiger charge is 2.17. The summed E-state index contributed by atoms with van der Waals surface area (Å²) in [4.78, 5) is 3.65. The van der Waals surface area contributed by atoms with E-state index in [4.69, 9.17) is 0 Å². The molecule has 1 aromatic rings. The van der Waals surface area contributed by atoms with Gasteiger partial charge in [-0.2, -0.15) is 0 Å². The Bertz CT molecular complexity index is 278. The SMILES string of the molecule is Cc1nc(Br)cc(F)c1C(F)F. The van der Waals surface area contributed by atoms with Gasteiger partial charge in [0.05, 0.1) is 11.3 Å². The molecule has 0 radical (unpaired) electrons. The van der Waals surface area contributed by atoms with Crippen molar-refractivity contribution in [2.75, 3.05) is 0 Å². The lowest BCUT2D eigenvalue weighted by Crippen LogP contribution is -1.98. The van der Waals surface area contributed by atoms with Gasteiger partial charge in [0.25, 0.3) is 6.43 Å². The number of rotatable bonds is 1. The Morgan fingerprint density at radius 3 is 2.50 bits per heavy atom. The lowest BCUT2D eigenvalue weighted by atomic mass is 10.2. The minimum Gasteiger partial charge on any atom is -0.246 e. The van der Waals surface area contributed by atoms with Crippen molar-refractivity contribution in [2.45, 2.75) is 13.3 Å². The summed E-state index contributed by atoms with van der Waals surface area (Å²) in [5.41, 5.74) is -0.616. The molecule has 5 heteroatoms. The average molecular weight is 240 g/mol. The normalized spacial score (nSPS) is 10.8. The van der Waals surface area contributed by atoms with Crippen LogP contribution in [0.4, 0.5) is 13.2 Å². The van der Waals surface area contributed by atoms with Gasteiger partial charge in [-0.05, 0) is 22.9 Å². The van der Waals surface area contributed by atoms with Crippen LogP contribution in [0.15, 0.2) is 10.7 Å². The lowest BCUT2D eigenvalue weighted by Gasteiger charge is -2.04. The van der Waals surface area contributed by atoms with Gasteiger partial charge in [-0.15, -0.1) is 0 Å². The van der Waals surface area contributed by atoms with Crippen molar-refractivity contribution in [2.24, 2.45) is 0 Å². The van der Waals surface area contributed by atoms with Crippen LogP contribution in [-0.2, 0) is 0 Å². The molecule has 0 atom stereocenters. The van der Waals surface area contributed by atoms with Gasteiger partial charge in [-0.1, -0.05) is 0 Å². The molecule has 0 aliphatic heterocycles. The number of nitrogens with zero attached hydrogens (tertiary/aromatic N) is 1. The summed E-state index contributed by atoms with van der Waals surface area (Å²) >= 11 is 2.90. The summed E-state index contributed by atoms with van der Waals surface area (Å²) in [7, 11) is 0. The molecule has 0 spiro atoms. The molecule has 0 saturated heterocycles. The Hall–Kier alpha value is -0.580. The number of aryl methyl sites for hydroxylation is 1. The highest BCUT2D eigenvalue weighted by atomic mass is 79.9. The smallest absolute Gasteiger partial charge is 0.246 e. The number of aromatic nitrogens is 1. The van der Waals surface area contributed by atoms with Crippen LogP contribution in [0.25, 0.3) is 0 Å². The Kier molecular flexibility index (Phi) is 2.72. The van der Waals surface area contributed by atoms with Crippen LogP contribution < -0.4 is 0 Å². The van der Waals surface area contributed by atoms with Crippen molar-refractivity contribution in [3.63, 3.8) is 0 Å². The second-order valence-corrected chi connectivity index (χ2v) is 3.04. The summed E-state index contributed by atoms with van der Waals surface area (Å²) in [5, 5.41) is 0. The van der Waals surface area contributed by atoms with Crippen LogP contribution in [0.5, 0.6) is 0 Å². The van der Waals surface area contributed by atoms with E-state index in [0.29, 0.717) is 0 Å². The van der Waals surface area contributed by atoms with E-state index in [1.165, 1.54) is 6.92 Å². The molecule has 0 bridgehead atoms. The molecule has 0 saturated carbocycles. The van der Waals surface area contributed by atoms with Gasteiger partial charge in [0, 0.05) is 6.07 Å². The summed E-state index contributed by atoms with van der Waals surface area (Å²) in [6, 6.07) is 0.925. The number of hydrogen-bond donors (Lipinski definition) is 0. The van der Waals surface area contributed by atoms with Gasteiger partial charge in [0.1, 0.15) is 10.4 Å². The minimum atomic E-state index is -2.81. The molecule has 0 fully saturated rings. The number of hydrogen-bond acceptors (Lipinski definition) is 1. The molecule has 1 aromatic heterocycles. The van der Waals surface area contributed by atoms with Gasteiger partial charge >= 0.3 is 0 Å². The predicted molar refractivity (Wildman–Crippen MR) is 41.6 cm³/mol. The second kappa shape index (κ2) is 3.43. The fourth-order valence-corrected chi connectivity index (χ4v) is 1.34. The zero-order chi connectivity index (χ0) is 9.30. The van der Waals surface area contributed by atoms with Crippen molar-refractivity contribution >= 4 is 15.9 Å². The van der Waals surface area contributed by atoms with Gasteiger partial charge in [0.15, 0.2) is 0 Å². The van der Waals surface area contributed by atoms with E-state index in [-0.39, 0.29) is 10.3 Å². The minimum absolute atomic E-state index is 0.0110. The Morgan fingerprint density at radius 2 is 2.08 bits per heavy atom. The lowest BCUT2D eigenvalue weighted by molar-refractivity contribution is 0.145. The van der Waals surface area contributed by atoms with Crippen molar-refractivity contribution in [3.8, 4) is 0 Å². The van der Waals surface area contributed by atoms with E-state index >= 15 is 0 Å². The first-order valence-electron chi connectivity index (χ1n) is 3.13. The summed E-state index contributed by atoms with van der Waals surface area (Å²) < 4.78 is 37.3. The molecule has 0 aromatic carbocycles. The molecule has 1 heterocycles. The standard InChI is InChI=1S/C7H5BrF3N/c1-3-6(7(10)11)4(9)2-5(8)12-3/h2,7H,1H3. The molecule has 1 nitrogen and oxygen atoms in total. The third kappa shape index (κ3) is 1.77. The van der Waals surface area contributed by atoms with Crippen LogP contribution in [0.1, 0.15) is 17.7 Å². The Balaban J connectivity index is 3.28. The van der Waals surface area contributed by atoms with Crippen LogP contribution in [-0.4, -0.2) is 4.98 Å². The van der Waals surface area contributed by atoms with E-state index in [1.807, 2.05) is 0 Å². The van der Waals surface area contributed by atoms with Crippen LogP contribution in [0.3, 0.4) is 0 Å². The predicted octanol–water partition coefficient (Wildman–Crippen LogP) is 3.23. The fraction of sp³-hybridized carbons (Fsp3) is 0.286. The first-order valence-corrected chi connectivity index (χ1v) is 3.92. The maximum atomic E-state index is 12.8. The first kappa shape index (κ1) is 9.51. The zero-order valence-electron chi connectivity index (χ0n) is 6.11. The maximum absolute atomic E-state index is 12.8. The first-order chi connectivity index (χ1) is 5.52. The third-order valence-electron chi connectivity index (χ3n) is 1.39. The molecular formula is C7H5BrF3N. The van der Waals surface area contributed by atoms with Crippen LogP contribution in [0, 0.1) is 12.7 Å². The van der Waals surface area contributed by atoms with E-state index in [2.05, 4.69) is 20.9 Å². The molecular weight excluding hydrogens is 235 g/mol. The highest BCUT2D eigenvalue weighted by Crippen LogP contribution is 2.26. The summed E-state index contributed by atoms with van der Waals surface area (Å²) in [5.74, 6) is -0.927. The molecule has 0 N–H and O–H groups in total. The quantitative estimate of drug-likeness (QED) is 0.686. The molecule has 0 aliphatic carbocycles. The number of halogens is 4. The molecule has 0 aliphatic rings. The maximum Gasteiger partial charge on any atom is 0.268 e. The van der Waals surface area contributed by atoms with Gasteiger partial charge in [0.2, 0.25) is 0 Å². The molecule has 0 amide bonds. The van der Waals surface area contributed by atoms with Crippen molar-refractivity contribution in [1.82, 2.24) is 4.98 Å². The average Bonchev–Trinajstić information content (AvgIpc) is 1.82. The van der Waals surface area contributed by atoms with Crippen molar-refractivity contribution < 1.29 is 13.2 Å². The third-order valence-corrected chi connectivity index (χ3v) is 1.79. The summed E-state index contributed by atoms with van der Waals surface area (Å²) in [6.45, 7) is 1.34. The van der Waals surface area contributed by atoms with Gasteiger partial charge < -0.3 is 0 Å².